The minimum absolute atomic E-state index is 0.133. The second-order valence-corrected chi connectivity index (χ2v) is 4.80. The monoisotopic (exact) mass is 307 g/mol. The summed E-state index contributed by atoms with van der Waals surface area (Å²) in [5.74, 6) is -0.133. The molecule has 1 aromatic carbocycles. The van der Waals surface area contributed by atoms with Crippen molar-refractivity contribution in [3.8, 4) is 0 Å². The maximum absolute atomic E-state index is 12.2. The van der Waals surface area contributed by atoms with E-state index in [1.165, 1.54) is 0 Å². The maximum atomic E-state index is 12.2. The molecule has 0 unspecified atom stereocenters. The Balaban J connectivity index is 2.25. The Bertz CT molecular complexity index is 577. The van der Waals surface area contributed by atoms with Gasteiger partial charge in [0, 0.05) is 17.7 Å². The van der Waals surface area contributed by atoms with Gasteiger partial charge in [0.25, 0.3) is 5.91 Å². The zero-order chi connectivity index (χ0) is 13.1. The molecule has 4 nitrogen and oxygen atoms in total. The molecule has 0 fully saturated rings. The normalized spacial score (nSPS) is 10.4. The fraction of sp³-hybridized carbons (Fsp3) is 0.231. The molecule has 1 heterocycles. The Morgan fingerprint density at radius 1 is 1.44 bits per heavy atom. The fourth-order valence-corrected chi connectivity index (χ4v) is 2.12. The fourth-order valence-electron chi connectivity index (χ4n) is 1.74. The van der Waals surface area contributed by atoms with Crippen molar-refractivity contribution in [2.75, 3.05) is 5.32 Å². The number of nitrogens with one attached hydrogen (secondary N) is 1. The molecule has 18 heavy (non-hydrogen) atoms. The zero-order valence-corrected chi connectivity index (χ0v) is 11.9. The van der Waals surface area contributed by atoms with Gasteiger partial charge < -0.3 is 5.32 Å². The number of aromatic nitrogens is 2. The molecule has 0 saturated heterocycles. The molecule has 1 aromatic heterocycles. The van der Waals surface area contributed by atoms with Gasteiger partial charge in [-0.1, -0.05) is 19.1 Å². The van der Waals surface area contributed by atoms with E-state index in [9.17, 15) is 4.79 Å². The third-order valence-electron chi connectivity index (χ3n) is 2.61. The lowest BCUT2D eigenvalue weighted by atomic mass is 10.2. The minimum Gasteiger partial charge on any atom is -0.321 e. The average Bonchev–Trinajstić information content (AvgIpc) is 2.73. The van der Waals surface area contributed by atoms with Crippen LogP contribution in [0.5, 0.6) is 0 Å². The standard InChI is InChI=1S/C13H14BrN3O/c1-3-11-9(8-17(2)16-11)13(18)15-12-7-5-4-6-10(12)14/h4-8H,3H2,1-2H3,(H,15,18). The van der Waals surface area contributed by atoms with E-state index in [2.05, 4.69) is 26.3 Å². The van der Waals surface area contributed by atoms with Gasteiger partial charge in [-0.3, -0.25) is 9.48 Å². The first kappa shape index (κ1) is 12.8. The summed E-state index contributed by atoms with van der Waals surface area (Å²) in [7, 11) is 1.81. The van der Waals surface area contributed by atoms with Crippen LogP contribution in [0, 0.1) is 0 Å². The number of halogens is 1. The quantitative estimate of drug-likeness (QED) is 0.947. The number of nitrogens with zero attached hydrogens (tertiary/aromatic N) is 2. The Kier molecular flexibility index (Phi) is 3.81. The molecule has 2 aromatic rings. The number of hydrogen-bond donors (Lipinski definition) is 1. The summed E-state index contributed by atoms with van der Waals surface area (Å²) >= 11 is 3.40. The molecular formula is C13H14BrN3O. The number of hydrogen-bond acceptors (Lipinski definition) is 2. The van der Waals surface area contributed by atoms with Crippen molar-refractivity contribution < 1.29 is 4.79 Å². The molecule has 1 N–H and O–H groups in total. The molecule has 0 aliphatic heterocycles. The van der Waals surface area contributed by atoms with Gasteiger partial charge in [-0.25, -0.2) is 0 Å². The second kappa shape index (κ2) is 5.35. The van der Waals surface area contributed by atoms with Gasteiger partial charge in [0.2, 0.25) is 0 Å². The third kappa shape index (κ3) is 2.61. The lowest BCUT2D eigenvalue weighted by molar-refractivity contribution is 0.102. The summed E-state index contributed by atoms with van der Waals surface area (Å²) in [6, 6.07) is 7.52. The molecular weight excluding hydrogens is 294 g/mol. The van der Waals surface area contributed by atoms with Crippen molar-refractivity contribution in [2.24, 2.45) is 7.05 Å². The van der Waals surface area contributed by atoms with Gasteiger partial charge in [-0.2, -0.15) is 5.10 Å². The van der Waals surface area contributed by atoms with Crippen molar-refractivity contribution in [3.63, 3.8) is 0 Å². The number of rotatable bonds is 3. The molecule has 2 rings (SSSR count). The first-order valence-electron chi connectivity index (χ1n) is 5.70. The van der Waals surface area contributed by atoms with Crippen LogP contribution in [0.4, 0.5) is 5.69 Å². The molecule has 0 bridgehead atoms. The Hall–Kier alpha value is -1.62. The van der Waals surface area contributed by atoms with Crippen LogP contribution in [0.3, 0.4) is 0 Å². The zero-order valence-electron chi connectivity index (χ0n) is 10.3. The minimum atomic E-state index is -0.133. The summed E-state index contributed by atoms with van der Waals surface area (Å²) in [5.41, 5.74) is 2.19. The summed E-state index contributed by atoms with van der Waals surface area (Å²) in [4.78, 5) is 12.2. The number of benzene rings is 1. The molecule has 0 saturated carbocycles. The van der Waals surface area contributed by atoms with Crippen molar-refractivity contribution >= 4 is 27.5 Å². The van der Waals surface area contributed by atoms with Crippen molar-refractivity contribution in [3.05, 3.63) is 46.2 Å². The predicted octanol–water partition coefficient (Wildman–Crippen LogP) is 3.00. The van der Waals surface area contributed by atoms with Crippen molar-refractivity contribution in [1.29, 1.82) is 0 Å². The summed E-state index contributed by atoms with van der Waals surface area (Å²) in [5, 5.41) is 7.13. The van der Waals surface area contributed by atoms with Gasteiger partial charge in [0.05, 0.1) is 16.9 Å². The van der Waals surface area contributed by atoms with Crippen molar-refractivity contribution in [2.45, 2.75) is 13.3 Å². The van der Waals surface area contributed by atoms with E-state index < -0.39 is 0 Å². The maximum Gasteiger partial charge on any atom is 0.259 e. The van der Waals surface area contributed by atoms with E-state index in [-0.39, 0.29) is 5.91 Å². The highest BCUT2D eigenvalue weighted by atomic mass is 79.9. The number of carbonyl (C=O) groups excluding carboxylic acids is 1. The molecule has 1 amide bonds. The summed E-state index contributed by atoms with van der Waals surface area (Å²) in [6.45, 7) is 1.98. The van der Waals surface area contributed by atoms with E-state index in [1.807, 2.05) is 38.2 Å². The molecule has 0 atom stereocenters. The van der Waals surface area contributed by atoms with Crippen LogP contribution in [-0.2, 0) is 13.5 Å². The van der Waals surface area contributed by atoms with E-state index >= 15 is 0 Å². The molecule has 0 spiro atoms. The number of para-hydroxylation sites is 1. The number of anilines is 1. The van der Waals surface area contributed by atoms with Crippen LogP contribution in [-0.4, -0.2) is 15.7 Å². The van der Waals surface area contributed by atoms with E-state index in [0.29, 0.717) is 5.56 Å². The number of aryl methyl sites for hydroxylation is 2. The van der Waals surface area contributed by atoms with Crippen LogP contribution >= 0.6 is 15.9 Å². The van der Waals surface area contributed by atoms with Crippen LogP contribution in [0.25, 0.3) is 0 Å². The lowest BCUT2D eigenvalue weighted by Crippen LogP contribution is -2.13. The Labute approximate surface area is 114 Å². The highest BCUT2D eigenvalue weighted by molar-refractivity contribution is 9.10. The highest BCUT2D eigenvalue weighted by Gasteiger charge is 2.15. The molecule has 5 heteroatoms. The van der Waals surface area contributed by atoms with Gasteiger partial charge in [0.15, 0.2) is 0 Å². The van der Waals surface area contributed by atoms with Crippen LogP contribution in [0.15, 0.2) is 34.9 Å². The van der Waals surface area contributed by atoms with Gasteiger partial charge in [0.1, 0.15) is 0 Å². The van der Waals surface area contributed by atoms with Crippen LogP contribution in [0.1, 0.15) is 23.0 Å². The lowest BCUT2D eigenvalue weighted by Gasteiger charge is -2.06. The predicted molar refractivity (Wildman–Crippen MR) is 74.7 cm³/mol. The first-order valence-corrected chi connectivity index (χ1v) is 6.49. The first-order chi connectivity index (χ1) is 8.61. The van der Waals surface area contributed by atoms with Gasteiger partial charge in [-0.15, -0.1) is 0 Å². The molecule has 0 aliphatic rings. The van der Waals surface area contributed by atoms with Crippen LogP contribution in [0.2, 0.25) is 0 Å². The number of carbonyl (C=O) groups is 1. The van der Waals surface area contributed by atoms with Crippen molar-refractivity contribution in [1.82, 2.24) is 9.78 Å². The van der Waals surface area contributed by atoms with E-state index in [0.717, 1.165) is 22.3 Å². The van der Waals surface area contributed by atoms with Crippen LogP contribution < -0.4 is 5.32 Å². The SMILES string of the molecule is CCc1nn(C)cc1C(=O)Nc1ccccc1Br. The second-order valence-electron chi connectivity index (χ2n) is 3.95. The van der Waals surface area contributed by atoms with E-state index in [4.69, 9.17) is 0 Å². The summed E-state index contributed by atoms with van der Waals surface area (Å²) < 4.78 is 2.52. The number of amides is 1. The average molecular weight is 308 g/mol. The molecule has 94 valence electrons. The smallest absolute Gasteiger partial charge is 0.259 e. The summed E-state index contributed by atoms with van der Waals surface area (Å²) in [6.07, 6.45) is 2.48. The van der Waals surface area contributed by atoms with Gasteiger partial charge >= 0.3 is 0 Å². The highest BCUT2D eigenvalue weighted by Crippen LogP contribution is 2.22. The topological polar surface area (TPSA) is 46.9 Å². The van der Waals surface area contributed by atoms with E-state index in [1.54, 1.807) is 10.9 Å². The largest absolute Gasteiger partial charge is 0.321 e. The Morgan fingerprint density at radius 3 is 2.83 bits per heavy atom. The third-order valence-corrected chi connectivity index (χ3v) is 3.30. The molecule has 0 aliphatic carbocycles. The Morgan fingerprint density at radius 2 is 2.17 bits per heavy atom. The molecule has 0 radical (unpaired) electrons. The van der Waals surface area contributed by atoms with Gasteiger partial charge in [-0.05, 0) is 34.5 Å².